The van der Waals surface area contributed by atoms with Crippen LogP contribution in [0.5, 0.6) is 5.75 Å². The molecule has 1 aromatic heterocycles. The Labute approximate surface area is 108 Å². The Morgan fingerprint density at radius 3 is 2.68 bits per heavy atom. The number of benzene rings is 1. The summed E-state index contributed by atoms with van der Waals surface area (Å²) in [4.78, 5) is 22.7. The molecule has 0 radical (unpaired) electrons. The minimum absolute atomic E-state index is 0.0513. The molecular weight excluding hydrogens is 250 g/mol. The van der Waals surface area contributed by atoms with E-state index in [1.165, 1.54) is 22.8 Å². The molecule has 0 atom stereocenters. The first-order valence-electron chi connectivity index (χ1n) is 5.74. The molecule has 0 unspecified atom stereocenters. The molecule has 1 heterocycles. The number of carboxylic acid groups (broad SMARTS) is 1. The van der Waals surface area contributed by atoms with Crippen LogP contribution in [-0.2, 0) is 16.1 Å². The minimum Gasteiger partial charge on any atom is -0.508 e. The molecule has 2 aromatic rings. The number of carbonyl (C=O) groups is 2. The Hall–Kier alpha value is -2.50. The molecule has 0 amide bonds. The fourth-order valence-corrected chi connectivity index (χ4v) is 1.94. The fraction of sp³-hybridized carbons (Fsp3) is 0.231. The second-order valence-electron chi connectivity index (χ2n) is 3.97. The van der Waals surface area contributed by atoms with Gasteiger partial charge in [0.2, 0.25) is 0 Å². The Balaban J connectivity index is 2.60. The summed E-state index contributed by atoms with van der Waals surface area (Å²) in [5.74, 6) is -1.59. The lowest BCUT2D eigenvalue weighted by atomic mass is 10.2. The molecule has 2 rings (SSSR count). The van der Waals surface area contributed by atoms with Crippen molar-refractivity contribution in [3.63, 3.8) is 0 Å². The van der Waals surface area contributed by atoms with Crippen molar-refractivity contribution in [2.24, 2.45) is 0 Å². The number of rotatable bonds is 4. The predicted octanol–water partition coefficient (Wildman–Crippen LogP) is 1.61. The van der Waals surface area contributed by atoms with Gasteiger partial charge in [0.15, 0.2) is 0 Å². The zero-order valence-electron chi connectivity index (χ0n) is 10.3. The van der Waals surface area contributed by atoms with E-state index in [9.17, 15) is 14.7 Å². The summed E-state index contributed by atoms with van der Waals surface area (Å²) in [5.41, 5.74) is 0.716. The Morgan fingerprint density at radius 2 is 2.05 bits per heavy atom. The molecule has 0 saturated carbocycles. The molecule has 6 nitrogen and oxygen atoms in total. The summed E-state index contributed by atoms with van der Waals surface area (Å²) < 4.78 is 6.25. The van der Waals surface area contributed by atoms with E-state index in [1.807, 2.05) is 0 Å². The number of ether oxygens (including phenoxy) is 1. The van der Waals surface area contributed by atoms with Crippen molar-refractivity contribution in [3.8, 4) is 5.75 Å². The molecule has 0 aliphatic carbocycles. The summed E-state index contributed by atoms with van der Waals surface area (Å²) in [6, 6.07) is 5.98. The van der Waals surface area contributed by atoms with Crippen molar-refractivity contribution in [2.45, 2.75) is 13.5 Å². The first-order valence-corrected chi connectivity index (χ1v) is 5.74. The van der Waals surface area contributed by atoms with Crippen LogP contribution in [0.3, 0.4) is 0 Å². The molecule has 0 bridgehead atoms. The van der Waals surface area contributed by atoms with E-state index in [2.05, 4.69) is 0 Å². The Morgan fingerprint density at radius 1 is 1.32 bits per heavy atom. The monoisotopic (exact) mass is 263 g/mol. The highest BCUT2D eigenvalue weighted by atomic mass is 16.5. The first kappa shape index (κ1) is 12.9. The number of nitrogens with zero attached hydrogens (tertiary/aromatic N) is 1. The zero-order chi connectivity index (χ0) is 14.0. The second-order valence-corrected chi connectivity index (χ2v) is 3.97. The van der Waals surface area contributed by atoms with Gasteiger partial charge < -0.3 is 19.5 Å². The number of phenolic OH excluding ortho intramolecular Hbond substituents is 1. The van der Waals surface area contributed by atoms with E-state index in [-0.39, 0.29) is 24.6 Å². The lowest BCUT2D eigenvalue weighted by Crippen LogP contribution is -2.16. The maximum absolute atomic E-state index is 11.8. The molecule has 2 N–H and O–H groups in total. The topological polar surface area (TPSA) is 88.8 Å². The van der Waals surface area contributed by atoms with Crippen LogP contribution in [0.15, 0.2) is 24.3 Å². The van der Waals surface area contributed by atoms with Gasteiger partial charge in [0.1, 0.15) is 18.0 Å². The Bertz CT molecular complexity index is 644. The normalized spacial score (nSPS) is 10.6. The number of aliphatic carboxylic acids is 1. The van der Waals surface area contributed by atoms with Gasteiger partial charge >= 0.3 is 11.9 Å². The average molecular weight is 263 g/mol. The van der Waals surface area contributed by atoms with Gasteiger partial charge in [0.25, 0.3) is 0 Å². The van der Waals surface area contributed by atoms with E-state index in [0.717, 1.165) is 0 Å². The molecule has 0 saturated heterocycles. The average Bonchev–Trinajstić information content (AvgIpc) is 2.67. The third kappa shape index (κ3) is 2.52. The number of aromatic nitrogens is 1. The molecule has 0 spiro atoms. The van der Waals surface area contributed by atoms with E-state index in [4.69, 9.17) is 9.84 Å². The number of hydrogen-bond donors (Lipinski definition) is 2. The smallest absolute Gasteiger partial charge is 0.354 e. The zero-order valence-corrected chi connectivity index (χ0v) is 10.3. The quantitative estimate of drug-likeness (QED) is 0.818. The first-order chi connectivity index (χ1) is 9.02. The van der Waals surface area contributed by atoms with Gasteiger partial charge in [-0.2, -0.15) is 0 Å². The van der Waals surface area contributed by atoms with Gasteiger partial charge in [-0.25, -0.2) is 4.79 Å². The van der Waals surface area contributed by atoms with Crippen LogP contribution in [-0.4, -0.2) is 33.3 Å². The third-order valence-corrected chi connectivity index (χ3v) is 2.66. The lowest BCUT2D eigenvalue weighted by Gasteiger charge is -2.07. The SMILES string of the molecule is CCOC(=O)c1cc2cc(O)ccc2n1CC(=O)O. The van der Waals surface area contributed by atoms with Crippen molar-refractivity contribution in [1.29, 1.82) is 0 Å². The Kier molecular flexibility index (Phi) is 3.41. The van der Waals surface area contributed by atoms with Crippen molar-refractivity contribution in [3.05, 3.63) is 30.0 Å². The van der Waals surface area contributed by atoms with E-state index < -0.39 is 11.9 Å². The highest BCUT2D eigenvalue weighted by Gasteiger charge is 2.18. The van der Waals surface area contributed by atoms with Crippen molar-refractivity contribution < 1.29 is 24.5 Å². The number of esters is 1. The number of carbonyl (C=O) groups excluding carboxylic acids is 1. The molecule has 1 aromatic carbocycles. The molecule has 19 heavy (non-hydrogen) atoms. The standard InChI is InChI=1S/C13H13NO5/c1-2-19-13(18)11-6-8-5-9(15)3-4-10(8)14(11)7-12(16)17/h3-6,15H,2,7H2,1H3,(H,16,17). The van der Waals surface area contributed by atoms with Gasteiger partial charge in [-0.3, -0.25) is 4.79 Å². The number of fused-ring (bicyclic) bond motifs is 1. The van der Waals surface area contributed by atoms with Crippen LogP contribution >= 0.6 is 0 Å². The molecule has 100 valence electrons. The van der Waals surface area contributed by atoms with Crippen molar-refractivity contribution >= 4 is 22.8 Å². The van der Waals surface area contributed by atoms with Crippen LogP contribution in [0.1, 0.15) is 17.4 Å². The number of carboxylic acids is 1. The van der Waals surface area contributed by atoms with E-state index in [0.29, 0.717) is 10.9 Å². The van der Waals surface area contributed by atoms with Crippen LogP contribution in [0.4, 0.5) is 0 Å². The maximum Gasteiger partial charge on any atom is 0.354 e. The molecule has 0 aliphatic heterocycles. The van der Waals surface area contributed by atoms with Gasteiger partial charge in [0, 0.05) is 10.9 Å². The largest absolute Gasteiger partial charge is 0.508 e. The van der Waals surface area contributed by atoms with Gasteiger partial charge in [0.05, 0.1) is 6.61 Å². The molecule has 6 heteroatoms. The van der Waals surface area contributed by atoms with Gasteiger partial charge in [-0.15, -0.1) is 0 Å². The van der Waals surface area contributed by atoms with Crippen LogP contribution < -0.4 is 0 Å². The lowest BCUT2D eigenvalue weighted by molar-refractivity contribution is -0.137. The summed E-state index contributed by atoms with van der Waals surface area (Å²) in [7, 11) is 0. The molecular formula is C13H13NO5. The van der Waals surface area contributed by atoms with E-state index >= 15 is 0 Å². The van der Waals surface area contributed by atoms with Crippen LogP contribution in [0.25, 0.3) is 10.9 Å². The summed E-state index contributed by atoms with van der Waals surface area (Å²) in [5, 5.41) is 18.9. The van der Waals surface area contributed by atoms with Crippen molar-refractivity contribution in [1.82, 2.24) is 4.57 Å². The summed E-state index contributed by atoms with van der Waals surface area (Å²) >= 11 is 0. The third-order valence-electron chi connectivity index (χ3n) is 2.66. The highest BCUT2D eigenvalue weighted by molar-refractivity contribution is 5.96. The summed E-state index contributed by atoms with van der Waals surface area (Å²) in [6.07, 6.45) is 0. The van der Waals surface area contributed by atoms with Crippen LogP contribution in [0.2, 0.25) is 0 Å². The van der Waals surface area contributed by atoms with Gasteiger partial charge in [-0.05, 0) is 31.2 Å². The maximum atomic E-state index is 11.8. The molecule has 0 aliphatic rings. The van der Waals surface area contributed by atoms with E-state index in [1.54, 1.807) is 13.0 Å². The fourth-order valence-electron chi connectivity index (χ4n) is 1.94. The van der Waals surface area contributed by atoms with Gasteiger partial charge in [-0.1, -0.05) is 0 Å². The highest BCUT2D eigenvalue weighted by Crippen LogP contribution is 2.24. The predicted molar refractivity (Wildman–Crippen MR) is 67.2 cm³/mol. The van der Waals surface area contributed by atoms with Crippen molar-refractivity contribution in [2.75, 3.05) is 6.61 Å². The summed E-state index contributed by atoms with van der Waals surface area (Å²) in [6.45, 7) is 1.54. The van der Waals surface area contributed by atoms with Crippen LogP contribution in [0, 0.1) is 0 Å². The number of phenols is 1. The second kappa shape index (κ2) is 5.01. The number of hydrogen-bond acceptors (Lipinski definition) is 4. The number of aromatic hydroxyl groups is 1. The minimum atomic E-state index is -1.06. The molecule has 0 fully saturated rings.